The lowest BCUT2D eigenvalue weighted by molar-refractivity contribution is -0.137. The van der Waals surface area contributed by atoms with E-state index in [1.165, 1.54) is 0 Å². The third kappa shape index (κ3) is 32.7. The Morgan fingerprint density at radius 2 is 0.972 bits per heavy atom. The molecule has 0 unspecified atom stereocenters. The smallest absolute Gasteiger partial charge is 0.303 e. The Morgan fingerprint density at radius 3 is 1.44 bits per heavy atom. The van der Waals surface area contributed by atoms with Crippen LogP contribution in [0, 0.1) is 12.3 Å². The molecule has 0 bridgehead atoms. The second-order valence-electron chi connectivity index (χ2n) is 7.64. The predicted molar refractivity (Wildman–Crippen MR) is 136 cm³/mol. The van der Waals surface area contributed by atoms with Crippen molar-refractivity contribution in [2.24, 2.45) is 0 Å². The van der Waals surface area contributed by atoms with Gasteiger partial charge in [-0.1, -0.05) is 5.92 Å². The third-order valence-electron chi connectivity index (χ3n) is 4.53. The van der Waals surface area contributed by atoms with E-state index in [9.17, 15) is 4.79 Å². The van der Waals surface area contributed by atoms with Crippen molar-refractivity contribution in [2.75, 3.05) is 119 Å². The monoisotopic (exact) mass is 520 g/mol. The molecule has 36 heavy (non-hydrogen) atoms. The van der Waals surface area contributed by atoms with Crippen LogP contribution in [-0.2, 0) is 38.0 Å². The molecule has 0 spiro atoms. The first-order valence-electron chi connectivity index (χ1n) is 12.9. The lowest BCUT2D eigenvalue weighted by Crippen LogP contribution is -2.22. The average molecular weight is 521 g/mol. The molecule has 0 aromatic heterocycles. The van der Waals surface area contributed by atoms with Crippen molar-refractivity contribution in [2.45, 2.75) is 25.7 Å². The molecule has 212 valence electrons. The highest BCUT2D eigenvalue weighted by Gasteiger charge is 1.97. The average Bonchev–Trinajstić information content (AvgIpc) is 2.87. The minimum absolute atomic E-state index is 0.227. The van der Waals surface area contributed by atoms with Crippen molar-refractivity contribution in [3.05, 3.63) is 0 Å². The largest absolute Gasteiger partial charge is 0.481 e. The van der Waals surface area contributed by atoms with Crippen LogP contribution in [0.1, 0.15) is 25.7 Å². The van der Waals surface area contributed by atoms with Crippen LogP contribution >= 0.6 is 0 Å². The van der Waals surface area contributed by atoms with Crippen molar-refractivity contribution >= 4 is 5.97 Å². The lowest BCUT2D eigenvalue weighted by Gasteiger charge is -2.09. The molecule has 0 heterocycles. The molecular formula is C25H48N2O9. The van der Waals surface area contributed by atoms with Gasteiger partial charge in [-0.25, -0.2) is 0 Å². The molecule has 0 saturated heterocycles. The molecule has 0 aliphatic heterocycles. The number of hydrogen-bond acceptors (Lipinski definition) is 10. The second kappa shape index (κ2) is 31.7. The fraction of sp³-hybridized carbons (Fsp3) is 0.880. The van der Waals surface area contributed by atoms with Gasteiger partial charge in [0.25, 0.3) is 0 Å². The molecule has 0 aliphatic rings. The Labute approximate surface area is 216 Å². The van der Waals surface area contributed by atoms with E-state index in [4.69, 9.17) is 44.7 Å². The molecule has 0 amide bonds. The normalized spacial score (nSPS) is 11.1. The number of nitrogens with one attached hydrogen (secondary N) is 2. The summed E-state index contributed by atoms with van der Waals surface area (Å²) >= 11 is 0. The molecule has 0 atom stereocenters. The van der Waals surface area contributed by atoms with Crippen LogP contribution in [0.25, 0.3) is 0 Å². The molecule has 0 aliphatic carbocycles. The zero-order valence-electron chi connectivity index (χ0n) is 21.8. The van der Waals surface area contributed by atoms with E-state index in [2.05, 4.69) is 16.6 Å². The van der Waals surface area contributed by atoms with Crippen molar-refractivity contribution in [3.8, 4) is 12.3 Å². The molecule has 0 aromatic rings. The van der Waals surface area contributed by atoms with Crippen LogP contribution in [-0.4, -0.2) is 130 Å². The van der Waals surface area contributed by atoms with Crippen molar-refractivity contribution in [1.82, 2.24) is 10.6 Å². The van der Waals surface area contributed by atoms with Gasteiger partial charge in [-0.15, -0.1) is 6.42 Å². The Kier molecular flexibility index (Phi) is 30.5. The number of carboxylic acid groups (broad SMARTS) is 1. The summed E-state index contributed by atoms with van der Waals surface area (Å²) in [6.07, 6.45) is 7.81. The minimum atomic E-state index is -0.743. The Hall–Kier alpha value is -1.33. The van der Waals surface area contributed by atoms with Gasteiger partial charge in [0, 0.05) is 26.1 Å². The fourth-order valence-electron chi connectivity index (χ4n) is 2.70. The van der Waals surface area contributed by atoms with E-state index in [0.717, 1.165) is 39.0 Å². The molecule has 11 heteroatoms. The SMILES string of the molecule is C#CCOCCNCCCOCCOCCOCCOCCOCCOCCNCCCCC(=O)O. The van der Waals surface area contributed by atoms with E-state index in [-0.39, 0.29) is 6.42 Å². The molecule has 0 radical (unpaired) electrons. The summed E-state index contributed by atoms with van der Waals surface area (Å²) in [5, 5.41) is 15.0. The summed E-state index contributed by atoms with van der Waals surface area (Å²) in [5.41, 5.74) is 0. The van der Waals surface area contributed by atoms with Crippen molar-refractivity contribution < 1.29 is 43.1 Å². The second-order valence-corrected chi connectivity index (χ2v) is 7.64. The van der Waals surface area contributed by atoms with Gasteiger partial charge in [0.15, 0.2) is 0 Å². The third-order valence-corrected chi connectivity index (χ3v) is 4.53. The highest BCUT2D eigenvalue weighted by atomic mass is 16.6. The first-order valence-corrected chi connectivity index (χ1v) is 12.9. The van der Waals surface area contributed by atoms with E-state index in [1.54, 1.807) is 0 Å². The van der Waals surface area contributed by atoms with Gasteiger partial charge in [0.1, 0.15) is 6.61 Å². The highest BCUT2D eigenvalue weighted by Crippen LogP contribution is 1.93. The van der Waals surface area contributed by atoms with Gasteiger partial charge >= 0.3 is 5.97 Å². The topological polar surface area (TPSA) is 126 Å². The number of ether oxygens (including phenoxy) is 7. The Morgan fingerprint density at radius 1 is 0.556 bits per heavy atom. The van der Waals surface area contributed by atoms with E-state index in [1.807, 2.05) is 0 Å². The summed E-state index contributed by atoms with van der Waals surface area (Å²) in [6.45, 7) is 10.9. The van der Waals surface area contributed by atoms with Gasteiger partial charge in [0.05, 0.1) is 79.3 Å². The fourth-order valence-corrected chi connectivity index (χ4v) is 2.70. The first kappa shape index (κ1) is 34.7. The molecule has 0 rings (SSSR count). The van der Waals surface area contributed by atoms with Crippen molar-refractivity contribution in [3.63, 3.8) is 0 Å². The van der Waals surface area contributed by atoms with Gasteiger partial charge in [-0.3, -0.25) is 4.79 Å². The Balaban J connectivity index is 3.02. The first-order chi connectivity index (χ1) is 17.8. The van der Waals surface area contributed by atoms with E-state index < -0.39 is 5.97 Å². The van der Waals surface area contributed by atoms with E-state index >= 15 is 0 Å². The molecule has 0 fully saturated rings. The number of carbonyl (C=O) groups is 1. The summed E-state index contributed by atoms with van der Waals surface area (Å²) in [7, 11) is 0. The number of terminal acetylenes is 1. The van der Waals surface area contributed by atoms with Crippen LogP contribution in [0.3, 0.4) is 0 Å². The maximum atomic E-state index is 10.4. The highest BCUT2D eigenvalue weighted by molar-refractivity contribution is 5.66. The maximum absolute atomic E-state index is 10.4. The molecule has 0 aromatic carbocycles. The molecule has 3 N–H and O–H groups in total. The quantitative estimate of drug-likeness (QED) is 0.0877. The minimum Gasteiger partial charge on any atom is -0.481 e. The number of carboxylic acids is 1. The van der Waals surface area contributed by atoms with Gasteiger partial charge < -0.3 is 48.9 Å². The van der Waals surface area contributed by atoms with Crippen LogP contribution in [0.2, 0.25) is 0 Å². The standard InChI is InChI=1S/C25H48N2O9/c1-2-11-30-13-9-27-8-5-12-31-15-17-33-19-21-35-23-24-36-22-20-34-18-16-32-14-10-26-7-4-3-6-25(28)29/h1,26-27H,3-24H2,(H,28,29). The molecule has 0 saturated carbocycles. The molecule has 11 nitrogen and oxygen atoms in total. The number of aliphatic carboxylic acids is 1. The zero-order chi connectivity index (χ0) is 26.2. The Bertz CT molecular complexity index is 493. The summed E-state index contributed by atoms with van der Waals surface area (Å²) in [5.74, 6) is 1.69. The lowest BCUT2D eigenvalue weighted by atomic mass is 10.2. The number of unbranched alkanes of at least 4 members (excludes halogenated alkanes) is 1. The summed E-state index contributed by atoms with van der Waals surface area (Å²) in [4.78, 5) is 10.4. The summed E-state index contributed by atoms with van der Waals surface area (Å²) < 4.78 is 37.9. The van der Waals surface area contributed by atoms with Gasteiger partial charge in [-0.05, 0) is 32.4 Å². The number of hydrogen-bond donors (Lipinski definition) is 3. The van der Waals surface area contributed by atoms with Crippen molar-refractivity contribution in [1.29, 1.82) is 0 Å². The summed E-state index contributed by atoms with van der Waals surface area (Å²) in [6, 6.07) is 0. The van der Waals surface area contributed by atoms with E-state index in [0.29, 0.717) is 98.9 Å². The zero-order valence-corrected chi connectivity index (χ0v) is 21.8. The number of rotatable bonds is 31. The van der Waals surface area contributed by atoms with Crippen LogP contribution < -0.4 is 10.6 Å². The molecular weight excluding hydrogens is 472 g/mol. The van der Waals surface area contributed by atoms with Gasteiger partial charge in [-0.2, -0.15) is 0 Å². The van der Waals surface area contributed by atoms with Gasteiger partial charge in [0.2, 0.25) is 0 Å². The van der Waals surface area contributed by atoms with Crippen LogP contribution in [0.15, 0.2) is 0 Å². The van der Waals surface area contributed by atoms with Crippen LogP contribution in [0.4, 0.5) is 0 Å². The predicted octanol–water partition coefficient (Wildman–Crippen LogP) is 0.560. The van der Waals surface area contributed by atoms with Crippen LogP contribution in [0.5, 0.6) is 0 Å². The maximum Gasteiger partial charge on any atom is 0.303 e.